The van der Waals surface area contributed by atoms with Crippen LogP contribution in [0.4, 0.5) is 0 Å². The van der Waals surface area contributed by atoms with Gasteiger partial charge in [0.1, 0.15) is 5.75 Å². The van der Waals surface area contributed by atoms with Crippen LogP contribution in [-0.4, -0.2) is 42.1 Å². The molecule has 0 N–H and O–H groups in total. The van der Waals surface area contributed by atoms with E-state index in [9.17, 15) is 4.79 Å². The molecule has 2 heterocycles. The molecule has 1 aromatic heterocycles. The monoisotopic (exact) mass is 354 g/mol. The van der Waals surface area contributed by atoms with Gasteiger partial charge in [0, 0.05) is 36.3 Å². The number of aromatic nitrogens is 1. The number of benzene rings is 1. The van der Waals surface area contributed by atoms with Crippen molar-refractivity contribution in [1.82, 2.24) is 9.88 Å². The highest BCUT2D eigenvalue weighted by Gasteiger charge is 2.25. The molecule has 1 amide bonds. The normalized spacial score (nSPS) is 17.0. The predicted molar refractivity (Wildman–Crippen MR) is 101 cm³/mol. The van der Waals surface area contributed by atoms with Crippen LogP contribution in [0.3, 0.4) is 0 Å². The van der Waals surface area contributed by atoms with Gasteiger partial charge in [0.15, 0.2) is 0 Å². The average Bonchev–Trinajstić information content (AvgIpc) is 2.67. The standard InChI is InChI=1S/C21H26N2O3/c1-3-25-19-11-9-18(10-12-19)21(24)23-13-5-7-17(14-23)15-26-20-8-4-6-16(2)22-20/h4,6,8-12,17H,3,5,7,13-15H2,1-2H3. The number of amides is 1. The molecule has 1 aromatic carbocycles. The molecule has 1 fully saturated rings. The lowest BCUT2D eigenvalue weighted by Gasteiger charge is -2.32. The molecule has 5 heteroatoms. The molecule has 0 saturated carbocycles. The molecule has 1 aliphatic heterocycles. The molecule has 3 rings (SSSR count). The van der Waals surface area contributed by atoms with E-state index in [2.05, 4.69) is 4.98 Å². The number of pyridine rings is 1. The number of likely N-dealkylation sites (tertiary alicyclic amines) is 1. The predicted octanol–water partition coefficient (Wildman–Crippen LogP) is 3.72. The van der Waals surface area contributed by atoms with Gasteiger partial charge in [0.2, 0.25) is 5.88 Å². The van der Waals surface area contributed by atoms with Crippen molar-refractivity contribution in [3.8, 4) is 11.6 Å². The van der Waals surface area contributed by atoms with Crippen molar-refractivity contribution in [1.29, 1.82) is 0 Å². The van der Waals surface area contributed by atoms with E-state index in [1.54, 1.807) is 0 Å². The molecule has 1 atom stereocenters. The minimum Gasteiger partial charge on any atom is -0.494 e. The van der Waals surface area contributed by atoms with Gasteiger partial charge in [-0.3, -0.25) is 4.79 Å². The van der Waals surface area contributed by atoms with Crippen LogP contribution in [0.25, 0.3) is 0 Å². The number of hydrogen-bond acceptors (Lipinski definition) is 4. The second-order valence-corrected chi connectivity index (χ2v) is 6.65. The summed E-state index contributed by atoms with van der Waals surface area (Å²) in [6.45, 7) is 6.62. The van der Waals surface area contributed by atoms with E-state index in [4.69, 9.17) is 9.47 Å². The molecule has 0 aliphatic carbocycles. The third kappa shape index (κ3) is 4.75. The first-order chi connectivity index (χ1) is 12.7. The van der Waals surface area contributed by atoms with Crippen LogP contribution in [0.5, 0.6) is 11.6 Å². The van der Waals surface area contributed by atoms with Crippen molar-refractivity contribution in [3.63, 3.8) is 0 Å². The van der Waals surface area contributed by atoms with E-state index in [0.29, 0.717) is 30.6 Å². The van der Waals surface area contributed by atoms with E-state index >= 15 is 0 Å². The minimum atomic E-state index is 0.0754. The SMILES string of the molecule is CCOc1ccc(C(=O)N2CCCC(COc3cccc(C)n3)C2)cc1. The molecule has 1 unspecified atom stereocenters. The molecule has 1 saturated heterocycles. The molecular formula is C21H26N2O3. The number of aryl methyl sites for hydroxylation is 1. The van der Waals surface area contributed by atoms with Gasteiger partial charge in [-0.05, 0) is 57.0 Å². The Kier molecular flexibility index (Phi) is 6.10. The molecule has 0 bridgehead atoms. The zero-order valence-electron chi connectivity index (χ0n) is 15.5. The summed E-state index contributed by atoms with van der Waals surface area (Å²) in [5.41, 5.74) is 1.65. The number of piperidine rings is 1. The summed E-state index contributed by atoms with van der Waals surface area (Å²) in [6.07, 6.45) is 2.07. The lowest BCUT2D eigenvalue weighted by molar-refractivity contribution is 0.0631. The van der Waals surface area contributed by atoms with Crippen LogP contribution in [0.15, 0.2) is 42.5 Å². The summed E-state index contributed by atoms with van der Waals surface area (Å²) in [7, 11) is 0. The Bertz CT molecular complexity index is 730. The van der Waals surface area contributed by atoms with Crippen LogP contribution in [0.2, 0.25) is 0 Å². The van der Waals surface area contributed by atoms with Crippen LogP contribution in [0, 0.1) is 12.8 Å². The van der Waals surface area contributed by atoms with Crippen LogP contribution in [0.1, 0.15) is 35.8 Å². The Morgan fingerprint density at radius 3 is 2.73 bits per heavy atom. The molecule has 1 aliphatic rings. The van der Waals surface area contributed by atoms with Crippen molar-refractivity contribution in [3.05, 3.63) is 53.7 Å². The van der Waals surface area contributed by atoms with Crippen molar-refractivity contribution < 1.29 is 14.3 Å². The summed E-state index contributed by atoms with van der Waals surface area (Å²) >= 11 is 0. The number of ether oxygens (including phenoxy) is 2. The maximum atomic E-state index is 12.8. The Balaban J connectivity index is 1.56. The van der Waals surface area contributed by atoms with Gasteiger partial charge >= 0.3 is 0 Å². The third-order valence-electron chi connectivity index (χ3n) is 4.55. The molecule has 0 spiro atoms. The highest BCUT2D eigenvalue weighted by molar-refractivity contribution is 5.94. The molecule has 5 nitrogen and oxygen atoms in total. The molecule has 26 heavy (non-hydrogen) atoms. The number of hydrogen-bond donors (Lipinski definition) is 0. The van der Waals surface area contributed by atoms with Crippen molar-refractivity contribution in [2.24, 2.45) is 5.92 Å². The van der Waals surface area contributed by atoms with Gasteiger partial charge in [-0.2, -0.15) is 0 Å². The molecule has 138 valence electrons. The molecular weight excluding hydrogens is 328 g/mol. The Morgan fingerprint density at radius 2 is 2.00 bits per heavy atom. The quantitative estimate of drug-likeness (QED) is 0.793. The van der Waals surface area contributed by atoms with Crippen LogP contribution < -0.4 is 9.47 Å². The largest absolute Gasteiger partial charge is 0.494 e. The fourth-order valence-corrected chi connectivity index (χ4v) is 3.23. The lowest BCUT2D eigenvalue weighted by atomic mass is 9.98. The van der Waals surface area contributed by atoms with E-state index in [0.717, 1.165) is 37.4 Å². The Morgan fingerprint density at radius 1 is 1.19 bits per heavy atom. The highest BCUT2D eigenvalue weighted by Crippen LogP contribution is 2.21. The number of nitrogens with zero attached hydrogens (tertiary/aromatic N) is 2. The second-order valence-electron chi connectivity index (χ2n) is 6.65. The second kappa shape index (κ2) is 8.70. The Hall–Kier alpha value is -2.56. The number of carbonyl (C=O) groups excluding carboxylic acids is 1. The Labute approximate surface area is 155 Å². The maximum absolute atomic E-state index is 12.8. The van der Waals surface area contributed by atoms with Gasteiger partial charge in [0.25, 0.3) is 5.91 Å². The van der Waals surface area contributed by atoms with Crippen molar-refractivity contribution in [2.45, 2.75) is 26.7 Å². The van der Waals surface area contributed by atoms with Crippen LogP contribution >= 0.6 is 0 Å². The van der Waals surface area contributed by atoms with Gasteiger partial charge in [-0.25, -0.2) is 4.98 Å². The van der Waals surface area contributed by atoms with Crippen LogP contribution in [-0.2, 0) is 0 Å². The third-order valence-corrected chi connectivity index (χ3v) is 4.55. The van der Waals surface area contributed by atoms with Gasteiger partial charge in [-0.1, -0.05) is 6.07 Å². The first-order valence-corrected chi connectivity index (χ1v) is 9.24. The molecule has 2 aromatic rings. The average molecular weight is 354 g/mol. The molecule has 0 radical (unpaired) electrons. The van der Waals surface area contributed by atoms with E-state index in [-0.39, 0.29) is 5.91 Å². The highest BCUT2D eigenvalue weighted by atomic mass is 16.5. The fraction of sp³-hybridized carbons (Fsp3) is 0.429. The smallest absolute Gasteiger partial charge is 0.253 e. The summed E-state index contributed by atoms with van der Waals surface area (Å²) in [4.78, 5) is 19.1. The van der Waals surface area contributed by atoms with Crippen molar-refractivity contribution in [2.75, 3.05) is 26.3 Å². The van der Waals surface area contributed by atoms with E-state index in [1.165, 1.54) is 0 Å². The summed E-state index contributed by atoms with van der Waals surface area (Å²) < 4.78 is 11.3. The topological polar surface area (TPSA) is 51.7 Å². The first kappa shape index (κ1) is 18.2. The minimum absolute atomic E-state index is 0.0754. The number of rotatable bonds is 6. The van der Waals surface area contributed by atoms with Crippen molar-refractivity contribution >= 4 is 5.91 Å². The fourth-order valence-electron chi connectivity index (χ4n) is 3.23. The maximum Gasteiger partial charge on any atom is 0.253 e. The zero-order chi connectivity index (χ0) is 18.4. The van der Waals surface area contributed by atoms with E-state index < -0.39 is 0 Å². The van der Waals surface area contributed by atoms with Gasteiger partial charge in [0.05, 0.1) is 13.2 Å². The van der Waals surface area contributed by atoms with Gasteiger partial charge < -0.3 is 14.4 Å². The summed E-state index contributed by atoms with van der Waals surface area (Å²) in [6, 6.07) is 13.1. The summed E-state index contributed by atoms with van der Waals surface area (Å²) in [5.74, 6) is 1.85. The first-order valence-electron chi connectivity index (χ1n) is 9.24. The zero-order valence-corrected chi connectivity index (χ0v) is 15.5. The van der Waals surface area contributed by atoms with Gasteiger partial charge in [-0.15, -0.1) is 0 Å². The van der Waals surface area contributed by atoms with E-state index in [1.807, 2.05) is 61.2 Å². The number of carbonyl (C=O) groups is 1. The summed E-state index contributed by atoms with van der Waals surface area (Å²) in [5, 5.41) is 0. The lowest BCUT2D eigenvalue weighted by Crippen LogP contribution is -2.41.